The van der Waals surface area contributed by atoms with Crippen LogP contribution in [0.25, 0.3) is 0 Å². The molecule has 0 aromatic heterocycles. The monoisotopic (exact) mass is 475 g/mol. The van der Waals surface area contributed by atoms with Crippen molar-refractivity contribution in [3.63, 3.8) is 0 Å². The lowest BCUT2D eigenvalue weighted by molar-refractivity contribution is -0.122. The van der Waals surface area contributed by atoms with Crippen molar-refractivity contribution in [2.75, 3.05) is 13.7 Å². The fraction of sp³-hybridized carbons (Fsp3) is 0.548. The number of ketones is 1. The number of amides is 1. The van der Waals surface area contributed by atoms with Crippen LogP contribution in [0.5, 0.6) is 5.75 Å². The van der Waals surface area contributed by atoms with Crippen molar-refractivity contribution in [2.24, 2.45) is 11.3 Å². The molecule has 0 spiro atoms. The zero-order valence-corrected chi connectivity index (χ0v) is 22.1. The van der Waals surface area contributed by atoms with Gasteiger partial charge < -0.3 is 10.1 Å². The molecule has 1 saturated carbocycles. The maximum atomic E-state index is 12.7. The second kappa shape index (κ2) is 10.2. The Kier molecular flexibility index (Phi) is 7.40. The van der Waals surface area contributed by atoms with Gasteiger partial charge in [0.1, 0.15) is 5.75 Å². The molecule has 188 valence electrons. The van der Waals surface area contributed by atoms with Gasteiger partial charge in [-0.25, -0.2) is 0 Å². The highest BCUT2D eigenvalue weighted by molar-refractivity contribution is 5.98. The second-order valence-corrected chi connectivity index (χ2v) is 11.5. The first kappa shape index (κ1) is 25.5. The number of carbonyl (C=O) groups excluding carboxylic acids is 2. The molecule has 0 aliphatic heterocycles. The smallest absolute Gasteiger partial charge is 0.220 e. The van der Waals surface area contributed by atoms with E-state index >= 15 is 0 Å². The number of fused-ring (bicyclic) bond motifs is 3. The molecule has 4 nitrogen and oxygen atoms in total. The Labute approximate surface area is 210 Å². The number of Topliss-reactive ketones (excluding diaryl/α,β-unsaturated/α-hetero) is 1. The van der Waals surface area contributed by atoms with E-state index in [2.05, 4.69) is 51.2 Å². The van der Waals surface area contributed by atoms with Crippen molar-refractivity contribution in [1.82, 2.24) is 5.32 Å². The predicted molar refractivity (Wildman–Crippen MR) is 141 cm³/mol. The summed E-state index contributed by atoms with van der Waals surface area (Å²) in [5, 5.41) is 3.21. The lowest BCUT2D eigenvalue weighted by Crippen LogP contribution is -2.53. The van der Waals surface area contributed by atoms with Crippen LogP contribution in [0, 0.1) is 11.3 Å². The van der Waals surface area contributed by atoms with Gasteiger partial charge in [-0.1, -0.05) is 52.3 Å². The van der Waals surface area contributed by atoms with Crippen LogP contribution in [0.1, 0.15) is 99.2 Å². The molecule has 2 aliphatic carbocycles. The van der Waals surface area contributed by atoms with E-state index < -0.39 is 0 Å². The third-order valence-corrected chi connectivity index (χ3v) is 8.85. The Balaban J connectivity index is 1.38. The summed E-state index contributed by atoms with van der Waals surface area (Å²) in [4.78, 5) is 25.2. The van der Waals surface area contributed by atoms with Gasteiger partial charge in [0.25, 0.3) is 0 Å². The van der Waals surface area contributed by atoms with Gasteiger partial charge in [0.05, 0.1) is 7.11 Å². The Morgan fingerprint density at radius 1 is 1.06 bits per heavy atom. The molecule has 0 unspecified atom stereocenters. The van der Waals surface area contributed by atoms with Crippen LogP contribution >= 0.6 is 0 Å². The summed E-state index contributed by atoms with van der Waals surface area (Å²) >= 11 is 0. The second-order valence-electron chi connectivity index (χ2n) is 11.5. The highest BCUT2D eigenvalue weighted by Gasteiger charge is 2.51. The van der Waals surface area contributed by atoms with Crippen molar-refractivity contribution in [3.8, 4) is 5.75 Å². The van der Waals surface area contributed by atoms with Gasteiger partial charge >= 0.3 is 0 Å². The highest BCUT2D eigenvalue weighted by Crippen LogP contribution is 2.57. The number of hydrogen-bond donors (Lipinski definition) is 1. The molecular formula is C31H41NO3. The number of aryl methyl sites for hydroxylation is 1. The summed E-state index contributed by atoms with van der Waals surface area (Å²) in [6.07, 6.45) is 6.28. The Hall–Kier alpha value is -2.62. The quantitative estimate of drug-likeness (QED) is 0.437. The van der Waals surface area contributed by atoms with Gasteiger partial charge in [0.15, 0.2) is 5.78 Å². The minimum absolute atomic E-state index is 0.0103. The van der Waals surface area contributed by atoms with Gasteiger partial charge in [-0.3, -0.25) is 9.59 Å². The fourth-order valence-corrected chi connectivity index (χ4v) is 6.75. The largest absolute Gasteiger partial charge is 0.497 e. The van der Waals surface area contributed by atoms with E-state index in [1.54, 1.807) is 31.4 Å². The van der Waals surface area contributed by atoms with E-state index in [0.29, 0.717) is 23.9 Å². The molecule has 2 aromatic carbocycles. The van der Waals surface area contributed by atoms with E-state index in [0.717, 1.165) is 18.6 Å². The summed E-state index contributed by atoms with van der Waals surface area (Å²) < 4.78 is 5.15. The van der Waals surface area contributed by atoms with Crippen LogP contribution in [0.15, 0.2) is 42.5 Å². The van der Waals surface area contributed by atoms with Crippen LogP contribution in [0.3, 0.4) is 0 Å². The fourth-order valence-electron chi connectivity index (χ4n) is 6.75. The topological polar surface area (TPSA) is 55.4 Å². The number of ether oxygens (including phenoxy) is 1. The number of rotatable bonds is 8. The molecule has 1 fully saturated rings. The molecular weight excluding hydrogens is 434 g/mol. The number of methoxy groups -OCH3 is 1. The van der Waals surface area contributed by atoms with Crippen molar-refractivity contribution in [3.05, 3.63) is 64.7 Å². The van der Waals surface area contributed by atoms with Crippen LogP contribution in [0.4, 0.5) is 0 Å². The van der Waals surface area contributed by atoms with E-state index in [1.807, 2.05) is 0 Å². The van der Waals surface area contributed by atoms with E-state index in [-0.39, 0.29) is 35.4 Å². The molecule has 2 aromatic rings. The first-order chi connectivity index (χ1) is 16.7. The Morgan fingerprint density at radius 2 is 1.80 bits per heavy atom. The van der Waals surface area contributed by atoms with Gasteiger partial charge in [0.2, 0.25) is 5.91 Å². The van der Waals surface area contributed by atoms with Gasteiger partial charge in [-0.15, -0.1) is 0 Å². The molecule has 35 heavy (non-hydrogen) atoms. The maximum absolute atomic E-state index is 12.7. The predicted octanol–water partition coefficient (Wildman–Crippen LogP) is 6.61. The SMILES string of the molecule is COc1ccc(C(=O)CCC(=O)NC[C@]2(C)CCC[C@]3(C)c4ccc(C(C)C)cc4CC[C@H]23)cc1. The van der Waals surface area contributed by atoms with E-state index in [1.165, 1.54) is 36.0 Å². The first-order valence-electron chi connectivity index (χ1n) is 13.2. The zero-order chi connectivity index (χ0) is 25.2. The zero-order valence-electron chi connectivity index (χ0n) is 22.1. The molecule has 0 saturated heterocycles. The maximum Gasteiger partial charge on any atom is 0.220 e. The van der Waals surface area contributed by atoms with Crippen molar-refractivity contribution in [1.29, 1.82) is 0 Å². The Bertz CT molecular complexity index is 1070. The van der Waals surface area contributed by atoms with E-state index in [4.69, 9.17) is 4.74 Å². The van der Waals surface area contributed by atoms with E-state index in [9.17, 15) is 9.59 Å². The standard InChI is InChI=1S/C31H41NO3/c1-21(2)23-9-13-26-24(19-23)10-15-28-30(3,17-6-18-31(26,28)4)20-32-29(34)16-14-27(33)22-7-11-25(35-5)12-8-22/h7-9,11-13,19,21,28H,6,10,14-18,20H2,1-5H3,(H,32,34)/t28-,30+,31-/m1/s1. The lowest BCUT2D eigenvalue weighted by atomic mass is 9.49. The highest BCUT2D eigenvalue weighted by atomic mass is 16.5. The molecule has 4 heteroatoms. The molecule has 3 atom stereocenters. The third-order valence-electron chi connectivity index (χ3n) is 8.85. The molecule has 0 bridgehead atoms. The summed E-state index contributed by atoms with van der Waals surface area (Å²) in [7, 11) is 1.60. The van der Waals surface area contributed by atoms with Gasteiger partial charge in [0, 0.05) is 24.9 Å². The van der Waals surface area contributed by atoms with Gasteiger partial charge in [-0.05, 0) is 89.3 Å². The lowest BCUT2D eigenvalue weighted by Gasteiger charge is -2.55. The summed E-state index contributed by atoms with van der Waals surface area (Å²) in [6, 6.07) is 14.2. The average molecular weight is 476 g/mol. The van der Waals surface area contributed by atoms with Crippen LogP contribution < -0.4 is 10.1 Å². The molecule has 1 N–H and O–H groups in total. The minimum atomic E-state index is -0.0295. The van der Waals surface area contributed by atoms with Crippen molar-refractivity contribution < 1.29 is 14.3 Å². The number of hydrogen-bond acceptors (Lipinski definition) is 3. The normalized spacial score (nSPS) is 25.5. The van der Waals surface area contributed by atoms with Crippen molar-refractivity contribution >= 4 is 11.7 Å². The average Bonchev–Trinajstić information content (AvgIpc) is 2.85. The first-order valence-corrected chi connectivity index (χ1v) is 13.2. The molecule has 4 rings (SSSR count). The molecule has 0 radical (unpaired) electrons. The van der Waals surface area contributed by atoms with Gasteiger partial charge in [-0.2, -0.15) is 0 Å². The van der Waals surface area contributed by atoms with Crippen LogP contribution in [-0.2, 0) is 16.6 Å². The Morgan fingerprint density at radius 3 is 2.49 bits per heavy atom. The molecule has 2 aliphatic rings. The minimum Gasteiger partial charge on any atom is -0.497 e. The summed E-state index contributed by atoms with van der Waals surface area (Å²) in [5.41, 5.74) is 5.33. The third kappa shape index (κ3) is 5.17. The number of nitrogens with one attached hydrogen (secondary N) is 1. The van der Waals surface area contributed by atoms with Crippen molar-refractivity contribution in [2.45, 2.75) is 84.0 Å². The molecule has 0 heterocycles. The van der Waals surface area contributed by atoms with Crippen LogP contribution in [-0.4, -0.2) is 25.3 Å². The summed E-state index contributed by atoms with van der Waals surface area (Å²) in [6.45, 7) is 10.0. The molecule has 1 amide bonds. The van der Waals surface area contributed by atoms with Crippen LogP contribution in [0.2, 0.25) is 0 Å². The number of carbonyl (C=O) groups is 2. The number of benzene rings is 2. The summed E-state index contributed by atoms with van der Waals surface area (Å²) in [5.74, 6) is 1.77.